The lowest BCUT2D eigenvalue weighted by molar-refractivity contribution is -0.144. The molecule has 0 saturated heterocycles. The third-order valence-electron chi connectivity index (χ3n) is 7.58. The smallest absolute Gasteiger partial charge is 0.317 e. The maximum absolute atomic E-state index is 13.6. The van der Waals surface area contributed by atoms with E-state index in [1.54, 1.807) is 27.1 Å². The summed E-state index contributed by atoms with van der Waals surface area (Å²) in [6, 6.07) is 3.21. The second-order valence-electron chi connectivity index (χ2n) is 11.1. The summed E-state index contributed by atoms with van der Waals surface area (Å²) in [6.07, 6.45) is 0.959. The van der Waals surface area contributed by atoms with Crippen molar-refractivity contribution in [3.8, 4) is 5.75 Å². The molecule has 14 heteroatoms. The van der Waals surface area contributed by atoms with Crippen LogP contribution in [0.5, 0.6) is 5.75 Å². The highest BCUT2D eigenvalue weighted by Gasteiger charge is 2.49. The van der Waals surface area contributed by atoms with Gasteiger partial charge in [-0.05, 0) is 43.4 Å². The number of urea groups is 1. The molecule has 2 bridgehead atoms. The Labute approximate surface area is 235 Å². The van der Waals surface area contributed by atoms with E-state index in [9.17, 15) is 33.5 Å². The molecule has 1 fully saturated rings. The number of benzene rings is 1. The van der Waals surface area contributed by atoms with E-state index in [-0.39, 0.29) is 31.2 Å². The van der Waals surface area contributed by atoms with E-state index in [0.29, 0.717) is 24.0 Å². The predicted octanol–water partition coefficient (Wildman–Crippen LogP) is 0.191. The summed E-state index contributed by atoms with van der Waals surface area (Å²) in [5.41, 5.74) is -1.37. The van der Waals surface area contributed by atoms with Crippen molar-refractivity contribution >= 4 is 23.8 Å². The van der Waals surface area contributed by atoms with Crippen LogP contribution < -0.4 is 21.5 Å². The molecule has 1 saturated carbocycles. The number of aryl methyl sites for hydroxylation is 1. The first-order valence-electron chi connectivity index (χ1n) is 13.1. The third kappa shape index (κ3) is 5.86. The molecular formula is C27H34FN7O6. The lowest BCUT2D eigenvalue weighted by Gasteiger charge is -2.42. The molecule has 0 radical (unpaired) electrons. The van der Waals surface area contributed by atoms with Crippen LogP contribution >= 0.6 is 0 Å². The number of aromatic nitrogens is 2. The first-order valence-corrected chi connectivity index (χ1v) is 13.1. The summed E-state index contributed by atoms with van der Waals surface area (Å²) >= 11 is 0. The fourth-order valence-electron chi connectivity index (χ4n) is 5.37. The fourth-order valence-corrected chi connectivity index (χ4v) is 5.37. The number of likely N-dealkylation sites (N-methyl/N-ethyl adjacent to an activating group) is 1. The minimum absolute atomic E-state index is 0.00602. The molecule has 1 aromatic heterocycles. The fraction of sp³-hybridized carbons (Fsp3) is 0.481. The molecular weight excluding hydrogens is 537 g/mol. The number of hydrogen-bond donors (Lipinski definition) is 4. The van der Waals surface area contributed by atoms with Crippen molar-refractivity contribution in [3.05, 3.63) is 57.0 Å². The third-order valence-corrected chi connectivity index (χ3v) is 7.58. The van der Waals surface area contributed by atoms with Gasteiger partial charge in [0.25, 0.3) is 11.5 Å². The van der Waals surface area contributed by atoms with Gasteiger partial charge in [-0.1, -0.05) is 12.1 Å². The van der Waals surface area contributed by atoms with Crippen LogP contribution in [0, 0.1) is 12.7 Å². The molecule has 220 valence electrons. The van der Waals surface area contributed by atoms with E-state index in [2.05, 4.69) is 20.9 Å². The van der Waals surface area contributed by atoms with Gasteiger partial charge in [-0.25, -0.2) is 14.2 Å². The summed E-state index contributed by atoms with van der Waals surface area (Å²) in [6.45, 7) is 1.52. The zero-order valence-corrected chi connectivity index (χ0v) is 23.6. The number of halogens is 1. The average molecular weight is 572 g/mol. The van der Waals surface area contributed by atoms with Crippen LogP contribution in [0.4, 0.5) is 9.18 Å². The number of nitrogens with one attached hydrogen (secondary N) is 3. The predicted molar refractivity (Wildman–Crippen MR) is 145 cm³/mol. The molecule has 13 nitrogen and oxygen atoms in total. The van der Waals surface area contributed by atoms with E-state index in [1.165, 1.54) is 35.7 Å². The van der Waals surface area contributed by atoms with Crippen LogP contribution in [0.2, 0.25) is 0 Å². The van der Waals surface area contributed by atoms with Gasteiger partial charge < -0.3 is 30.9 Å². The van der Waals surface area contributed by atoms with Crippen LogP contribution in [-0.2, 0) is 22.7 Å². The maximum Gasteiger partial charge on any atom is 0.317 e. The van der Waals surface area contributed by atoms with Crippen molar-refractivity contribution in [1.29, 1.82) is 0 Å². The van der Waals surface area contributed by atoms with Gasteiger partial charge in [0, 0.05) is 46.7 Å². The van der Waals surface area contributed by atoms with Crippen molar-refractivity contribution in [2.45, 2.75) is 56.8 Å². The van der Waals surface area contributed by atoms with Gasteiger partial charge in [0.2, 0.25) is 5.75 Å². The monoisotopic (exact) mass is 571 g/mol. The van der Waals surface area contributed by atoms with Crippen LogP contribution in [0.25, 0.3) is 0 Å². The Hall–Kier alpha value is -4.49. The number of amides is 5. The molecule has 3 aliphatic rings. The topological polar surface area (TPSA) is 166 Å². The van der Waals surface area contributed by atoms with E-state index in [4.69, 9.17) is 0 Å². The Morgan fingerprint density at radius 3 is 2.51 bits per heavy atom. The summed E-state index contributed by atoms with van der Waals surface area (Å²) in [7, 11) is 6.01. The minimum atomic E-state index is -1.01. The molecule has 41 heavy (non-hydrogen) atoms. The molecule has 2 aromatic rings. The molecule has 1 aromatic carbocycles. The molecule has 0 spiro atoms. The quantitative estimate of drug-likeness (QED) is 0.372. The molecule has 3 atom stereocenters. The normalized spacial score (nSPS) is 20.8. The van der Waals surface area contributed by atoms with Crippen molar-refractivity contribution in [2.24, 2.45) is 0 Å². The van der Waals surface area contributed by atoms with Crippen molar-refractivity contribution < 1.29 is 28.7 Å². The number of nitrogens with zero attached hydrogens (tertiary/aromatic N) is 4. The van der Waals surface area contributed by atoms with Crippen molar-refractivity contribution in [1.82, 2.24) is 35.3 Å². The highest BCUT2D eigenvalue weighted by molar-refractivity contribution is 6.34. The van der Waals surface area contributed by atoms with Crippen LogP contribution in [0.15, 0.2) is 23.0 Å². The molecule has 3 unspecified atom stereocenters. The minimum Gasteiger partial charge on any atom is -0.501 e. The van der Waals surface area contributed by atoms with Gasteiger partial charge in [-0.15, -0.1) is 0 Å². The number of aromatic hydroxyl groups is 1. The van der Waals surface area contributed by atoms with Crippen molar-refractivity contribution in [2.75, 3.05) is 28.2 Å². The lowest BCUT2D eigenvalue weighted by Crippen LogP contribution is -2.59. The van der Waals surface area contributed by atoms with Crippen LogP contribution in [-0.4, -0.2) is 88.0 Å². The SMILES string of the molecule is Cc1cc(CNC(=O)c2nc3n(c(=O)c2O)CC2(NC(=O)N(C)C)CCC3C(NC(=O)C(=O)N(C)C)C2)ccc1F. The van der Waals surface area contributed by atoms with Crippen LogP contribution in [0.3, 0.4) is 0 Å². The highest BCUT2D eigenvalue weighted by Crippen LogP contribution is 2.42. The van der Waals surface area contributed by atoms with E-state index in [1.807, 2.05) is 0 Å². The number of carbonyl (C=O) groups excluding carboxylic acids is 4. The number of fused-ring (bicyclic) bond motifs is 2. The van der Waals surface area contributed by atoms with E-state index >= 15 is 0 Å². The molecule has 3 heterocycles. The number of hydrogen-bond acceptors (Lipinski definition) is 7. The number of rotatable bonds is 5. The Morgan fingerprint density at radius 1 is 1.17 bits per heavy atom. The maximum atomic E-state index is 13.6. The van der Waals surface area contributed by atoms with Gasteiger partial charge in [-0.3, -0.25) is 23.7 Å². The first kappa shape index (κ1) is 29.5. The second kappa shape index (κ2) is 11.2. The van der Waals surface area contributed by atoms with Gasteiger partial charge >= 0.3 is 17.8 Å². The Kier molecular flexibility index (Phi) is 8.04. The zero-order valence-electron chi connectivity index (χ0n) is 23.6. The van der Waals surface area contributed by atoms with E-state index < -0.39 is 58.3 Å². The summed E-state index contributed by atoms with van der Waals surface area (Å²) < 4.78 is 14.8. The Morgan fingerprint density at radius 2 is 1.88 bits per heavy atom. The van der Waals surface area contributed by atoms with Gasteiger partial charge in [0.1, 0.15) is 11.6 Å². The van der Waals surface area contributed by atoms with E-state index in [0.717, 1.165) is 4.90 Å². The highest BCUT2D eigenvalue weighted by atomic mass is 19.1. The molecule has 2 aliphatic heterocycles. The summed E-state index contributed by atoms with van der Waals surface area (Å²) in [4.78, 5) is 71.2. The average Bonchev–Trinajstić information content (AvgIpc) is 3.14. The number of carbonyl (C=O) groups is 4. The lowest BCUT2D eigenvalue weighted by atomic mass is 9.74. The van der Waals surface area contributed by atoms with Crippen molar-refractivity contribution in [3.63, 3.8) is 0 Å². The molecule has 5 amide bonds. The largest absolute Gasteiger partial charge is 0.501 e. The molecule has 1 aliphatic carbocycles. The van der Waals surface area contributed by atoms with Gasteiger partial charge in [0.15, 0.2) is 5.69 Å². The standard InChI is InChI=1S/C27H34FN7O6/c1-14-10-15(6-7-17(14)28)12-29-22(37)19-20(36)24(39)35-13-27(32-26(41)34(4)5)9-8-16(21(35)31-19)18(11-27)30-23(38)25(40)33(2)3/h6-7,10,16,18,36H,8-9,11-13H2,1-5H3,(H,29,37)(H,30,38)(H,32,41). The molecule has 4 N–H and O–H groups in total. The summed E-state index contributed by atoms with van der Waals surface area (Å²) in [5, 5.41) is 19.0. The Balaban J connectivity index is 1.72. The zero-order chi connectivity index (χ0) is 30.2. The van der Waals surface area contributed by atoms with Gasteiger partial charge in [-0.2, -0.15) is 0 Å². The first-order chi connectivity index (χ1) is 19.2. The molecule has 5 rings (SSSR count). The van der Waals surface area contributed by atoms with Gasteiger partial charge in [0.05, 0.1) is 12.1 Å². The Bertz CT molecular complexity index is 1470. The van der Waals surface area contributed by atoms with Crippen LogP contribution in [0.1, 0.15) is 52.6 Å². The summed E-state index contributed by atoms with van der Waals surface area (Å²) in [5.74, 6) is -4.15. The second-order valence-corrected chi connectivity index (χ2v) is 11.1.